The molecule has 154 valence electrons. The van der Waals surface area contributed by atoms with Crippen molar-refractivity contribution in [1.82, 2.24) is 5.32 Å². The topological polar surface area (TPSA) is 79.8 Å². The maximum atomic E-state index is 12.5. The van der Waals surface area contributed by atoms with E-state index in [1.165, 1.54) is 18.9 Å². The van der Waals surface area contributed by atoms with Crippen LogP contribution in [0, 0.1) is 0 Å². The van der Waals surface area contributed by atoms with Crippen LogP contribution in [0.5, 0.6) is 0 Å². The number of aliphatic imine (C=N–C) groups is 1. The molecule has 0 aliphatic carbocycles. The summed E-state index contributed by atoms with van der Waals surface area (Å²) in [5.74, 6) is -0.124. The van der Waals surface area contributed by atoms with Crippen LogP contribution in [0.1, 0.15) is 30.9 Å². The number of amidine groups is 1. The van der Waals surface area contributed by atoms with E-state index < -0.39 is 6.09 Å². The Morgan fingerprint density at radius 1 is 1.10 bits per heavy atom. The lowest BCUT2D eigenvalue weighted by atomic mass is 10.1. The van der Waals surface area contributed by atoms with Crippen molar-refractivity contribution in [2.75, 3.05) is 18.7 Å². The third-order valence-electron chi connectivity index (χ3n) is 4.17. The molecule has 0 aromatic heterocycles. The number of nitrogens with one attached hydrogen (secondary N) is 2. The molecule has 0 fully saturated rings. The molecule has 0 spiro atoms. The zero-order valence-corrected chi connectivity index (χ0v) is 17.8. The number of hydrogen-bond donors (Lipinski definition) is 2. The minimum atomic E-state index is -0.588. The van der Waals surface area contributed by atoms with Gasteiger partial charge in [-0.1, -0.05) is 61.5 Å². The first-order valence-electron chi connectivity index (χ1n) is 9.50. The highest BCUT2D eigenvalue weighted by atomic mass is 32.2. The molecule has 0 atom stereocenters. The Labute approximate surface area is 176 Å². The quantitative estimate of drug-likeness (QED) is 0.499. The van der Waals surface area contributed by atoms with Crippen molar-refractivity contribution in [3.63, 3.8) is 0 Å². The Bertz CT molecular complexity index is 854. The second-order valence-electron chi connectivity index (χ2n) is 6.40. The first-order valence-corrected chi connectivity index (χ1v) is 10.7. The summed E-state index contributed by atoms with van der Waals surface area (Å²) in [5.41, 5.74) is 3.27. The molecule has 0 aliphatic rings. The van der Waals surface area contributed by atoms with Crippen LogP contribution in [0.3, 0.4) is 0 Å². The van der Waals surface area contributed by atoms with E-state index in [1.54, 1.807) is 0 Å². The third-order valence-corrected chi connectivity index (χ3v) is 4.75. The molecule has 0 heterocycles. The second kappa shape index (κ2) is 11.9. The third kappa shape index (κ3) is 7.62. The van der Waals surface area contributed by atoms with Gasteiger partial charge in [-0.25, -0.2) is 9.79 Å². The summed E-state index contributed by atoms with van der Waals surface area (Å²) in [6.45, 7) is 2.14. The van der Waals surface area contributed by atoms with Gasteiger partial charge in [-0.3, -0.25) is 10.1 Å². The van der Waals surface area contributed by atoms with E-state index in [0.29, 0.717) is 16.5 Å². The number of carbonyl (C=O) groups is 2. The monoisotopic (exact) mass is 413 g/mol. The second-order valence-corrected chi connectivity index (χ2v) is 7.20. The number of carbonyl (C=O) groups excluding carboxylic acids is 2. The van der Waals surface area contributed by atoms with E-state index in [9.17, 15) is 9.59 Å². The minimum Gasteiger partial charge on any atom is -0.453 e. The Hall–Kier alpha value is -2.80. The van der Waals surface area contributed by atoms with Crippen molar-refractivity contribution in [3.8, 4) is 0 Å². The number of amides is 2. The maximum Gasteiger partial charge on any atom is 0.412 e. The summed E-state index contributed by atoms with van der Waals surface area (Å²) in [4.78, 5) is 28.6. The molecular formula is C22H27N3O3S. The van der Waals surface area contributed by atoms with Crippen molar-refractivity contribution in [2.24, 2.45) is 4.99 Å². The molecule has 0 aliphatic heterocycles. The molecule has 0 saturated heterocycles. The van der Waals surface area contributed by atoms with Crippen molar-refractivity contribution in [1.29, 1.82) is 0 Å². The number of rotatable bonds is 7. The number of hydrogen-bond acceptors (Lipinski definition) is 5. The molecule has 6 nitrogen and oxygen atoms in total. The normalized spacial score (nSPS) is 11.1. The summed E-state index contributed by atoms with van der Waals surface area (Å²) in [6.07, 6.45) is 4.58. The van der Waals surface area contributed by atoms with Crippen molar-refractivity contribution in [3.05, 3.63) is 59.7 Å². The minimum absolute atomic E-state index is 0.124. The van der Waals surface area contributed by atoms with Crippen LogP contribution in [-0.2, 0) is 22.4 Å². The Morgan fingerprint density at radius 2 is 1.86 bits per heavy atom. The van der Waals surface area contributed by atoms with E-state index in [1.807, 2.05) is 54.8 Å². The fourth-order valence-corrected chi connectivity index (χ4v) is 3.03. The van der Waals surface area contributed by atoms with Crippen LogP contribution in [0.15, 0.2) is 53.5 Å². The maximum absolute atomic E-state index is 12.5. The van der Waals surface area contributed by atoms with E-state index in [4.69, 9.17) is 0 Å². The lowest BCUT2D eigenvalue weighted by molar-refractivity contribution is -0.115. The number of thioether (sulfide) groups is 1. The zero-order valence-electron chi connectivity index (χ0n) is 17.0. The van der Waals surface area contributed by atoms with Gasteiger partial charge in [0.2, 0.25) is 5.91 Å². The van der Waals surface area contributed by atoms with Gasteiger partial charge < -0.3 is 10.1 Å². The van der Waals surface area contributed by atoms with E-state index in [-0.39, 0.29) is 12.3 Å². The van der Waals surface area contributed by atoms with Crippen LogP contribution in [0.2, 0.25) is 0 Å². The SMILES string of the molecule is CCCCc1ccc(NC(=O)Cc2ccccc2)c(N=C(NC(=O)OC)SC)c1. The van der Waals surface area contributed by atoms with Crippen molar-refractivity contribution >= 4 is 40.3 Å². The van der Waals surface area contributed by atoms with Crippen LogP contribution in [0.4, 0.5) is 16.2 Å². The highest BCUT2D eigenvalue weighted by molar-refractivity contribution is 8.13. The molecule has 0 saturated carbocycles. The summed E-state index contributed by atoms with van der Waals surface area (Å²) in [7, 11) is 1.30. The predicted molar refractivity (Wildman–Crippen MR) is 120 cm³/mol. The van der Waals surface area contributed by atoms with Gasteiger partial charge >= 0.3 is 6.09 Å². The number of aryl methyl sites for hydroxylation is 1. The van der Waals surface area contributed by atoms with Gasteiger partial charge in [-0.15, -0.1) is 0 Å². The van der Waals surface area contributed by atoms with Gasteiger partial charge in [0.15, 0.2) is 5.17 Å². The average Bonchev–Trinajstić information content (AvgIpc) is 2.73. The van der Waals surface area contributed by atoms with Crippen LogP contribution in [0.25, 0.3) is 0 Å². The van der Waals surface area contributed by atoms with Gasteiger partial charge in [0.25, 0.3) is 0 Å². The van der Waals surface area contributed by atoms with Gasteiger partial charge in [-0.05, 0) is 42.4 Å². The van der Waals surface area contributed by atoms with Gasteiger partial charge in [-0.2, -0.15) is 0 Å². The Morgan fingerprint density at radius 3 is 2.52 bits per heavy atom. The van der Waals surface area contributed by atoms with Crippen molar-refractivity contribution in [2.45, 2.75) is 32.6 Å². The molecular weight excluding hydrogens is 386 g/mol. The van der Waals surface area contributed by atoms with E-state index >= 15 is 0 Å². The lowest BCUT2D eigenvalue weighted by Gasteiger charge is -2.12. The molecule has 0 bridgehead atoms. The zero-order chi connectivity index (χ0) is 21.1. The number of unbranched alkanes of at least 4 members (excludes halogenated alkanes) is 1. The fraction of sp³-hybridized carbons (Fsp3) is 0.318. The van der Waals surface area contributed by atoms with Gasteiger partial charge in [0, 0.05) is 0 Å². The van der Waals surface area contributed by atoms with Crippen LogP contribution >= 0.6 is 11.8 Å². The standard InChI is InChI=1S/C22H27N3O3S/c1-4-5-9-17-12-13-18(23-20(26)15-16-10-7-6-8-11-16)19(14-17)24-21(29-3)25-22(27)28-2/h6-8,10-14H,4-5,9,15H2,1-3H3,(H,23,26)(H,24,25,27). The summed E-state index contributed by atoms with van der Waals surface area (Å²) < 4.78 is 4.64. The molecule has 0 radical (unpaired) electrons. The van der Waals surface area contributed by atoms with Crippen LogP contribution < -0.4 is 10.6 Å². The van der Waals surface area contributed by atoms with Gasteiger partial charge in [0.05, 0.1) is 24.9 Å². The number of benzene rings is 2. The smallest absolute Gasteiger partial charge is 0.412 e. The first kappa shape index (κ1) is 22.5. The molecule has 2 aromatic rings. The number of ether oxygens (including phenoxy) is 1. The van der Waals surface area contributed by atoms with E-state index in [2.05, 4.69) is 27.3 Å². The highest BCUT2D eigenvalue weighted by Gasteiger charge is 2.11. The summed E-state index contributed by atoms with van der Waals surface area (Å²) in [5, 5.41) is 5.92. The number of nitrogens with zero attached hydrogens (tertiary/aromatic N) is 1. The molecule has 7 heteroatoms. The summed E-state index contributed by atoms with van der Waals surface area (Å²) in [6, 6.07) is 15.4. The fourth-order valence-electron chi connectivity index (χ4n) is 2.66. The highest BCUT2D eigenvalue weighted by Crippen LogP contribution is 2.28. The number of anilines is 1. The Kier molecular flexibility index (Phi) is 9.24. The largest absolute Gasteiger partial charge is 0.453 e. The lowest BCUT2D eigenvalue weighted by Crippen LogP contribution is -2.27. The van der Waals surface area contributed by atoms with Crippen molar-refractivity contribution < 1.29 is 14.3 Å². The van der Waals surface area contributed by atoms with E-state index in [0.717, 1.165) is 30.4 Å². The molecule has 2 N–H and O–H groups in total. The number of methoxy groups -OCH3 is 1. The molecule has 2 aromatic carbocycles. The average molecular weight is 414 g/mol. The molecule has 0 unspecified atom stereocenters. The molecule has 2 amide bonds. The Balaban J connectivity index is 2.27. The van der Waals surface area contributed by atoms with Crippen LogP contribution in [-0.4, -0.2) is 30.5 Å². The molecule has 2 rings (SSSR count). The number of alkyl carbamates (subject to hydrolysis) is 1. The first-order chi connectivity index (χ1) is 14.0. The summed E-state index contributed by atoms with van der Waals surface area (Å²) >= 11 is 1.29. The molecule has 29 heavy (non-hydrogen) atoms. The predicted octanol–water partition coefficient (Wildman–Crippen LogP) is 4.92. The van der Waals surface area contributed by atoms with Gasteiger partial charge in [0.1, 0.15) is 0 Å².